The van der Waals surface area contributed by atoms with Crippen LogP contribution in [0.3, 0.4) is 0 Å². The molecule has 2 rings (SSSR count). The summed E-state index contributed by atoms with van der Waals surface area (Å²) in [6.07, 6.45) is 2.25. The highest BCUT2D eigenvalue weighted by Gasteiger charge is 2.22. The molecule has 0 aliphatic carbocycles. The topological polar surface area (TPSA) is 67.2 Å². The van der Waals surface area contributed by atoms with E-state index < -0.39 is 0 Å². The lowest BCUT2D eigenvalue weighted by Crippen LogP contribution is -2.43. The Kier molecular flexibility index (Phi) is 3.46. The molecule has 1 aromatic heterocycles. The van der Waals surface area contributed by atoms with Crippen molar-refractivity contribution in [2.45, 2.75) is 32.4 Å². The highest BCUT2D eigenvalue weighted by molar-refractivity contribution is 5.49. The number of hydrogen-bond acceptors (Lipinski definition) is 4. The van der Waals surface area contributed by atoms with Crippen LogP contribution in [0.4, 0.5) is 5.82 Å². The first-order chi connectivity index (χ1) is 7.72. The van der Waals surface area contributed by atoms with E-state index in [9.17, 15) is 0 Å². The Balaban J connectivity index is 2.18. The number of H-pyrrole nitrogens is 1. The fourth-order valence-electron chi connectivity index (χ4n) is 2.22. The lowest BCUT2D eigenvalue weighted by atomic mass is 10.1. The lowest BCUT2D eigenvalue weighted by molar-refractivity contribution is 0.184. The number of aromatic amines is 1. The van der Waals surface area contributed by atoms with Crippen molar-refractivity contribution in [2.75, 3.05) is 25.1 Å². The van der Waals surface area contributed by atoms with E-state index in [0.717, 1.165) is 43.0 Å². The van der Waals surface area contributed by atoms with E-state index in [1.165, 1.54) is 0 Å². The average Bonchev–Trinajstić information content (AvgIpc) is 2.61. The molecule has 2 heterocycles. The molecule has 1 unspecified atom stereocenters. The molecule has 16 heavy (non-hydrogen) atoms. The van der Waals surface area contributed by atoms with Gasteiger partial charge < -0.3 is 15.4 Å². The van der Waals surface area contributed by atoms with Crippen LogP contribution >= 0.6 is 0 Å². The standard InChI is InChI=1S/C11H20N4O/c1-8-10(7-16-2)11(14-13-8)15-5-3-4-9(12)6-15/h9H,3-7,12H2,1-2H3,(H,13,14). The second-order valence-corrected chi connectivity index (χ2v) is 4.43. The second-order valence-electron chi connectivity index (χ2n) is 4.43. The summed E-state index contributed by atoms with van der Waals surface area (Å²) in [5, 5.41) is 7.38. The van der Waals surface area contributed by atoms with Gasteiger partial charge in [-0.25, -0.2) is 0 Å². The molecule has 0 aromatic carbocycles. The first-order valence-corrected chi connectivity index (χ1v) is 5.75. The van der Waals surface area contributed by atoms with Crippen molar-refractivity contribution in [3.63, 3.8) is 0 Å². The Morgan fingerprint density at radius 3 is 3.12 bits per heavy atom. The van der Waals surface area contributed by atoms with E-state index in [4.69, 9.17) is 10.5 Å². The van der Waals surface area contributed by atoms with E-state index in [1.54, 1.807) is 7.11 Å². The molecule has 1 atom stereocenters. The Hall–Kier alpha value is -1.07. The van der Waals surface area contributed by atoms with E-state index in [1.807, 2.05) is 6.92 Å². The Labute approximate surface area is 96.0 Å². The van der Waals surface area contributed by atoms with E-state index in [2.05, 4.69) is 15.1 Å². The number of aromatic nitrogens is 2. The minimum atomic E-state index is 0.265. The van der Waals surface area contributed by atoms with Crippen LogP contribution in [0.25, 0.3) is 0 Å². The molecular weight excluding hydrogens is 204 g/mol. The van der Waals surface area contributed by atoms with Gasteiger partial charge in [0, 0.05) is 37.5 Å². The zero-order valence-corrected chi connectivity index (χ0v) is 9.99. The van der Waals surface area contributed by atoms with Gasteiger partial charge in [-0.15, -0.1) is 0 Å². The van der Waals surface area contributed by atoms with Crippen molar-refractivity contribution in [2.24, 2.45) is 5.73 Å². The molecule has 1 aliphatic heterocycles. The zero-order valence-electron chi connectivity index (χ0n) is 9.99. The summed E-state index contributed by atoms with van der Waals surface area (Å²) in [5.74, 6) is 1.01. The van der Waals surface area contributed by atoms with Gasteiger partial charge >= 0.3 is 0 Å². The molecule has 0 amide bonds. The number of nitrogens with one attached hydrogen (secondary N) is 1. The maximum absolute atomic E-state index is 5.98. The number of ether oxygens (including phenoxy) is 1. The fourth-order valence-corrected chi connectivity index (χ4v) is 2.22. The molecule has 90 valence electrons. The van der Waals surface area contributed by atoms with Gasteiger partial charge in [-0.1, -0.05) is 0 Å². The van der Waals surface area contributed by atoms with Gasteiger partial charge in [0.25, 0.3) is 0 Å². The monoisotopic (exact) mass is 224 g/mol. The van der Waals surface area contributed by atoms with Gasteiger partial charge in [0.1, 0.15) is 0 Å². The Morgan fingerprint density at radius 1 is 1.62 bits per heavy atom. The molecule has 5 heteroatoms. The quantitative estimate of drug-likeness (QED) is 0.796. The molecule has 0 radical (unpaired) electrons. The smallest absolute Gasteiger partial charge is 0.156 e. The molecule has 5 nitrogen and oxygen atoms in total. The Morgan fingerprint density at radius 2 is 2.44 bits per heavy atom. The number of nitrogens with two attached hydrogens (primary N) is 1. The summed E-state index contributed by atoms with van der Waals surface area (Å²) >= 11 is 0. The van der Waals surface area contributed by atoms with Gasteiger partial charge in [0.2, 0.25) is 0 Å². The summed E-state index contributed by atoms with van der Waals surface area (Å²) in [6, 6.07) is 0.265. The number of methoxy groups -OCH3 is 1. The summed E-state index contributed by atoms with van der Waals surface area (Å²) < 4.78 is 5.21. The highest BCUT2D eigenvalue weighted by atomic mass is 16.5. The van der Waals surface area contributed by atoms with Crippen molar-refractivity contribution in [3.8, 4) is 0 Å². The first kappa shape index (κ1) is 11.4. The van der Waals surface area contributed by atoms with Crippen LogP contribution in [-0.2, 0) is 11.3 Å². The number of piperidine rings is 1. The van der Waals surface area contributed by atoms with Crippen molar-refractivity contribution < 1.29 is 4.74 Å². The zero-order chi connectivity index (χ0) is 11.5. The molecule has 3 N–H and O–H groups in total. The van der Waals surface area contributed by atoms with Crippen LogP contribution in [0.5, 0.6) is 0 Å². The summed E-state index contributed by atoms with van der Waals surface area (Å²) in [6.45, 7) is 4.55. The maximum Gasteiger partial charge on any atom is 0.156 e. The van der Waals surface area contributed by atoms with Crippen molar-refractivity contribution in [3.05, 3.63) is 11.3 Å². The highest BCUT2D eigenvalue weighted by Crippen LogP contribution is 2.24. The lowest BCUT2D eigenvalue weighted by Gasteiger charge is -2.31. The maximum atomic E-state index is 5.98. The van der Waals surface area contributed by atoms with Crippen LogP contribution in [0, 0.1) is 6.92 Å². The average molecular weight is 224 g/mol. The van der Waals surface area contributed by atoms with Gasteiger partial charge in [-0.05, 0) is 19.8 Å². The number of aryl methyl sites for hydroxylation is 1. The normalized spacial score (nSPS) is 21.4. The van der Waals surface area contributed by atoms with Crippen molar-refractivity contribution in [1.29, 1.82) is 0 Å². The summed E-state index contributed by atoms with van der Waals surface area (Å²) in [4.78, 5) is 2.26. The molecule has 1 aromatic rings. The van der Waals surface area contributed by atoms with E-state index in [0.29, 0.717) is 6.61 Å². The third-order valence-electron chi connectivity index (χ3n) is 3.10. The minimum absolute atomic E-state index is 0.265. The van der Waals surface area contributed by atoms with Gasteiger partial charge in [0.15, 0.2) is 5.82 Å². The van der Waals surface area contributed by atoms with Crippen molar-refractivity contribution in [1.82, 2.24) is 10.2 Å². The van der Waals surface area contributed by atoms with Gasteiger partial charge in [-0.2, -0.15) is 5.10 Å². The fraction of sp³-hybridized carbons (Fsp3) is 0.727. The van der Waals surface area contributed by atoms with Crippen LogP contribution in [0.15, 0.2) is 0 Å². The molecule has 0 saturated carbocycles. The van der Waals surface area contributed by atoms with Gasteiger partial charge in [-0.3, -0.25) is 5.10 Å². The molecule has 0 spiro atoms. The minimum Gasteiger partial charge on any atom is -0.380 e. The third kappa shape index (κ3) is 2.20. The largest absolute Gasteiger partial charge is 0.380 e. The molecular formula is C11H20N4O. The molecule has 1 saturated heterocycles. The molecule has 1 aliphatic rings. The Bertz CT molecular complexity index is 350. The van der Waals surface area contributed by atoms with Crippen LogP contribution in [0.1, 0.15) is 24.1 Å². The van der Waals surface area contributed by atoms with Crippen LogP contribution < -0.4 is 10.6 Å². The summed E-state index contributed by atoms with van der Waals surface area (Å²) in [5.41, 5.74) is 8.21. The molecule has 1 fully saturated rings. The molecule has 0 bridgehead atoms. The SMILES string of the molecule is COCc1c(N2CCCC(N)C2)n[nH]c1C. The van der Waals surface area contributed by atoms with Crippen molar-refractivity contribution >= 4 is 5.82 Å². The number of anilines is 1. The predicted molar refractivity (Wildman–Crippen MR) is 63.5 cm³/mol. The third-order valence-corrected chi connectivity index (χ3v) is 3.10. The number of hydrogen-bond donors (Lipinski definition) is 2. The van der Waals surface area contributed by atoms with E-state index >= 15 is 0 Å². The van der Waals surface area contributed by atoms with Gasteiger partial charge in [0.05, 0.1) is 6.61 Å². The predicted octanol–water partition coefficient (Wildman–Crippen LogP) is 0.792. The van der Waals surface area contributed by atoms with E-state index in [-0.39, 0.29) is 6.04 Å². The number of nitrogens with zero attached hydrogens (tertiary/aromatic N) is 2. The van der Waals surface area contributed by atoms with Crippen LogP contribution in [0.2, 0.25) is 0 Å². The number of rotatable bonds is 3. The first-order valence-electron chi connectivity index (χ1n) is 5.75. The van der Waals surface area contributed by atoms with Crippen LogP contribution in [-0.4, -0.2) is 36.4 Å². The summed E-state index contributed by atoms with van der Waals surface area (Å²) in [7, 11) is 1.71. The second kappa shape index (κ2) is 4.84.